The Kier molecular flexibility index (Phi) is 9.59. The fraction of sp³-hybridized carbons (Fsp3) is 0.786. The summed E-state index contributed by atoms with van der Waals surface area (Å²) in [6.07, 6.45) is 2.08. The van der Waals surface area contributed by atoms with Gasteiger partial charge in [-0.15, -0.1) is 0 Å². The van der Waals surface area contributed by atoms with Gasteiger partial charge in [0, 0.05) is 6.54 Å². The number of nitrogens with zero attached hydrogens (tertiary/aromatic N) is 1. The van der Waals surface area contributed by atoms with Gasteiger partial charge >= 0.3 is 12.2 Å². The van der Waals surface area contributed by atoms with E-state index in [1.165, 1.54) is 12.0 Å². The molecular formula is C28H45N5O8. The molecule has 1 saturated heterocycles. The standard InChI is InChI=1S/C28H45N5O8/c1-27(2,3)18(13-41-26(39)40-7)31-25(38)32-21(28(4,5)6)24(37)33-12-15-11-16(15)19(33)23(36)30-17(10-14-8-9-14)20(34)22(29)35/h14-19,21H,8-13H2,1-7H3,(H2,29,35)(H,30,36)(H2,31,32,38)/t15-,16-,17?,18+,19-,21+/m0/s1. The monoisotopic (exact) mass is 579 g/mol. The van der Waals surface area contributed by atoms with Gasteiger partial charge in [0.15, 0.2) is 0 Å². The van der Waals surface area contributed by atoms with Gasteiger partial charge in [0.1, 0.15) is 18.7 Å². The first-order valence-electron chi connectivity index (χ1n) is 14.2. The first kappa shape index (κ1) is 32.1. The van der Waals surface area contributed by atoms with Crippen LogP contribution in [0.4, 0.5) is 9.59 Å². The summed E-state index contributed by atoms with van der Waals surface area (Å²) >= 11 is 0. The van der Waals surface area contributed by atoms with Gasteiger partial charge in [0.25, 0.3) is 5.91 Å². The van der Waals surface area contributed by atoms with Gasteiger partial charge in [-0.2, -0.15) is 0 Å². The van der Waals surface area contributed by atoms with Crippen molar-refractivity contribution in [2.24, 2.45) is 34.3 Å². The number of amides is 5. The van der Waals surface area contributed by atoms with Crippen molar-refractivity contribution in [2.75, 3.05) is 20.3 Å². The number of ketones is 1. The molecule has 0 aromatic carbocycles. The Labute approximate surface area is 241 Å². The third kappa shape index (κ3) is 8.32. The molecule has 3 rings (SSSR count). The van der Waals surface area contributed by atoms with E-state index in [1.54, 1.807) is 20.8 Å². The molecule has 6 atom stereocenters. The fourth-order valence-electron chi connectivity index (χ4n) is 5.24. The zero-order valence-electron chi connectivity index (χ0n) is 25.1. The number of nitrogens with one attached hydrogen (secondary N) is 3. The summed E-state index contributed by atoms with van der Waals surface area (Å²) in [6.45, 7) is 11.2. The highest BCUT2D eigenvalue weighted by molar-refractivity contribution is 6.37. The number of rotatable bonds is 11. The van der Waals surface area contributed by atoms with Crippen molar-refractivity contribution in [2.45, 2.75) is 91.4 Å². The molecule has 0 radical (unpaired) electrons. The number of carbonyl (C=O) groups excluding carboxylic acids is 6. The van der Waals surface area contributed by atoms with Crippen LogP contribution in [-0.2, 0) is 28.7 Å². The first-order chi connectivity index (χ1) is 18.9. The van der Waals surface area contributed by atoms with Crippen molar-refractivity contribution in [3.8, 4) is 0 Å². The average molecular weight is 580 g/mol. The molecule has 1 aliphatic heterocycles. The quantitative estimate of drug-likeness (QED) is 0.207. The number of ether oxygens (including phenoxy) is 2. The highest BCUT2D eigenvalue weighted by Crippen LogP contribution is 2.50. The lowest BCUT2D eigenvalue weighted by molar-refractivity contribution is -0.144. The molecule has 1 unspecified atom stereocenters. The zero-order chi connectivity index (χ0) is 30.9. The topological polar surface area (TPSA) is 186 Å². The predicted octanol–water partition coefficient (Wildman–Crippen LogP) is 1.08. The number of primary amides is 1. The van der Waals surface area contributed by atoms with E-state index in [-0.39, 0.29) is 24.4 Å². The molecule has 0 bridgehead atoms. The van der Waals surface area contributed by atoms with Crippen molar-refractivity contribution < 1.29 is 38.2 Å². The minimum Gasteiger partial charge on any atom is -0.438 e. The lowest BCUT2D eigenvalue weighted by Crippen LogP contribution is -2.62. The number of hydrogen-bond donors (Lipinski definition) is 4. The Morgan fingerprint density at radius 3 is 2.10 bits per heavy atom. The number of Topliss-reactive ketones (excluding diaryl/α,β-unsaturated/α-hetero) is 1. The summed E-state index contributed by atoms with van der Waals surface area (Å²) in [5.74, 6) is -2.51. The summed E-state index contributed by atoms with van der Waals surface area (Å²) in [5, 5.41) is 8.28. The van der Waals surface area contributed by atoms with Crippen LogP contribution in [0.5, 0.6) is 0 Å². The smallest absolute Gasteiger partial charge is 0.438 e. The number of piperidine rings is 1. The second-order valence-electron chi connectivity index (χ2n) is 13.7. The molecule has 5 amide bonds. The molecule has 0 aromatic heterocycles. The van der Waals surface area contributed by atoms with Gasteiger partial charge in [-0.05, 0) is 41.4 Å². The molecule has 230 valence electrons. The normalized spacial score (nSPS) is 23.8. The van der Waals surface area contributed by atoms with E-state index in [1.807, 2.05) is 20.8 Å². The van der Waals surface area contributed by atoms with Crippen LogP contribution < -0.4 is 21.7 Å². The number of nitrogens with two attached hydrogens (primary N) is 1. The van der Waals surface area contributed by atoms with Crippen molar-refractivity contribution in [1.82, 2.24) is 20.9 Å². The number of urea groups is 1. The third-order valence-corrected chi connectivity index (χ3v) is 8.12. The number of carbonyl (C=O) groups is 6. The third-order valence-electron chi connectivity index (χ3n) is 8.12. The Morgan fingerprint density at radius 2 is 1.59 bits per heavy atom. The van der Waals surface area contributed by atoms with Gasteiger partial charge in [-0.3, -0.25) is 19.2 Å². The lowest BCUT2D eigenvalue weighted by atomic mass is 9.85. The summed E-state index contributed by atoms with van der Waals surface area (Å²) < 4.78 is 9.57. The number of fused-ring (bicyclic) bond motifs is 1. The Hall–Kier alpha value is -3.38. The van der Waals surface area contributed by atoms with Crippen LogP contribution >= 0.6 is 0 Å². The van der Waals surface area contributed by atoms with Gasteiger partial charge in [0.2, 0.25) is 17.6 Å². The largest absolute Gasteiger partial charge is 0.508 e. The number of hydrogen-bond acceptors (Lipinski definition) is 8. The van der Waals surface area contributed by atoms with E-state index >= 15 is 0 Å². The maximum Gasteiger partial charge on any atom is 0.508 e. The van der Waals surface area contributed by atoms with Crippen molar-refractivity contribution in [3.05, 3.63) is 0 Å². The molecule has 3 aliphatic rings. The summed E-state index contributed by atoms with van der Waals surface area (Å²) in [5.41, 5.74) is 4.01. The molecule has 41 heavy (non-hydrogen) atoms. The Morgan fingerprint density at radius 1 is 0.951 bits per heavy atom. The van der Waals surface area contributed by atoms with Gasteiger partial charge in [-0.25, -0.2) is 9.59 Å². The van der Waals surface area contributed by atoms with E-state index < -0.39 is 70.7 Å². The summed E-state index contributed by atoms with van der Waals surface area (Å²) in [7, 11) is 1.19. The molecule has 5 N–H and O–H groups in total. The maximum absolute atomic E-state index is 13.9. The van der Waals surface area contributed by atoms with Crippen LogP contribution in [0, 0.1) is 28.6 Å². The maximum atomic E-state index is 13.9. The average Bonchev–Trinajstić information content (AvgIpc) is 3.80. The van der Waals surface area contributed by atoms with E-state index in [9.17, 15) is 28.8 Å². The van der Waals surface area contributed by atoms with Crippen LogP contribution in [0.1, 0.15) is 67.2 Å². The summed E-state index contributed by atoms with van der Waals surface area (Å²) in [4.78, 5) is 77.6. The minimum absolute atomic E-state index is 0.0561. The van der Waals surface area contributed by atoms with E-state index in [0.29, 0.717) is 13.0 Å². The molecular weight excluding hydrogens is 534 g/mol. The minimum atomic E-state index is -1.10. The predicted molar refractivity (Wildman–Crippen MR) is 147 cm³/mol. The van der Waals surface area contributed by atoms with Gasteiger partial charge in [0.05, 0.1) is 19.2 Å². The second-order valence-corrected chi connectivity index (χ2v) is 13.7. The highest BCUT2D eigenvalue weighted by Gasteiger charge is 2.58. The number of likely N-dealkylation sites (tertiary alicyclic amines) is 1. The number of methoxy groups -OCH3 is 1. The molecule has 1 heterocycles. The fourth-order valence-corrected chi connectivity index (χ4v) is 5.24. The van der Waals surface area contributed by atoms with Crippen LogP contribution in [0.3, 0.4) is 0 Å². The van der Waals surface area contributed by atoms with Crippen LogP contribution in [0.2, 0.25) is 0 Å². The highest BCUT2D eigenvalue weighted by atomic mass is 16.7. The van der Waals surface area contributed by atoms with Crippen LogP contribution in [-0.4, -0.2) is 85.0 Å². The van der Waals surface area contributed by atoms with E-state index in [4.69, 9.17) is 10.5 Å². The molecule has 0 spiro atoms. The van der Waals surface area contributed by atoms with E-state index in [2.05, 4.69) is 20.7 Å². The molecule has 13 heteroatoms. The molecule has 13 nitrogen and oxygen atoms in total. The van der Waals surface area contributed by atoms with Gasteiger partial charge < -0.3 is 36.1 Å². The van der Waals surface area contributed by atoms with Gasteiger partial charge in [-0.1, -0.05) is 54.4 Å². The van der Waals surface area contributed by atoms with Crippen LogP contribution in [0.25, 0.3) is 0 Å². The Bertz CT molecular complexity index is 1060. The Balaban J connectivity index is 1.73. The van der Waals surface area contributed by atoms with E-state index in [0.717, 1.165) is 19.3 Å². The van der Waals surface area contributed by atoms with Crippen molar-refractivity contribution in [3.63, 3.8) is 0 Å². The van der Waals surface area contributed by atoms with Crippen molar-refractivity contribution >= 4 is 35.7 Å². The second kappa shape index (κ2) is 12.2. The zero-order valence-corrected chi connectivity index (χ0v) is 25.1. The van der Waals surface area contributed by atoms with Crippen LogP contribution in [0.15, 0.2) is 0 Å². The SMILES string of the molecule is COC(=O)OC[C@@H](NC(=O)N[C@H](C(=O)N1C[C@@H]2C[C@@H]2[C@H]1C(=O)NC(CC1CC1)C(=O)C(N)=O)C(C)(C)C)C(C)(C)C. The summed E-state index contributed by atoms with van der Waals surface area (Å²) in [6, 6.07) is -4.06. The molecule has 2 saturated carbocycles. The molecule has 3 fully saturated rings. The lowest BCUT2D eigenvalue weighted by Gasteiger charge is -2.37. The molecule has 0 aromatic rings. The molecule has 2 aliphatic carbocycles. The van der Waals surface area contributed by atoms with Crippen molar-refractivity contribution in [1.29, 1.82) is 0 Å². The first-order valence-corrected chi connectivity index (χ1v) is 14.2.